The second-order valence-electron chi connectivity index (χ2n) is 7.77. The quantitative estimate of drug-likeness (QED) is 0.633. The van der Waals surface area contributed by atoms with Crippen LogP contribution in [0.5, 0.6) is 0 Å². The molecule has 0 radical (unpaired) electrons. The van der Waals surface area contributed by atoms with Gasteiger partial charge in [-0.25, -0.2) is 0 Å². The number of nitrogens with zero attached hydrogens (tertiary/aromatic N) is 1. The predicted octanol–water partition coefficient (Wildman–Crippen LogP) is 0.233. The van der Waals surface area contributed by atoms with E-state index in [2.05, 4.69) is 5.32 Å². The lowest BCUT2D eigenvalue weighted by atomic mass is 9.71. The Bertz CT molecular complexity index is 800. The van der Waals surface area contributed by atoms with E-state index in [1.807, 2.05) is 30.3 Å². The van der Waals surface area contributed by atoms with Crippen molar-refractivity contribution in [1.29, 1.82) is 0 Å². The van der Waals surface area contributed by atoms with E-state index >= 15 is 0 Å². The van der Waals surface area contributed by atoms with Gasteiger partial charge in [0.15, 0.2) is 0 Å². The number of ether oxygens (including phenoxy) is 2. The van der Waals surface area contributed by atoms with Gasteiger partial charge in [0.05, 0.1) is 31.2 Å². The molecule has 8 nitrogen and oxygen atoms in total. The summed E-state index contributed by atoms with van der Waals surface area (Å²) in [4.78, 5) is 40.3. The number of amides is 2. The summed E-state index contributed by atoms with van der Waals surface area (Å²) < 4.78 is 11.4. The van der Waals surface area contributed by atoms with E-state index in [4.69, 9.17) is 9.47 Å². The van der Waals surface area contributed by atoms with Crippen LogP contribution in [0.2, 0.25) is 0 Å². The number of carbonyl (C=O) groups excluding carboxylic acids is 3. The molecule has 1 spiro atoms. The molecular weight excluding hydrogens is 376 g/mol. The van der Waals surface area contributed by atoms with Gasteiger partial charge >= 0.3 is 5.97 Å². The van der Waals surface area contributed by atoms with Gasteiger partial charge in [0, 0.05) is 13.1 Å². The van der Waals surface area contributed by atoms with Gasteiger partial charge in [-0.05, 0) is 25.3 Å². The Morgan fingerprint density at radius 1 is 1.34 bits per heavy atom. The van der Waals surface area contributed by atoms with E-state index in [1.54, 1.807) is 6.92 Å². The van der Waals surface area contributed by atoms with Crippen molar-refractivity contribution < 1.29 is 29.0 Å². The highest BCUT2D eigenvalue weighted by molar-refractivity contribution is 5.98. The molecule has 2 amide bonds. The van der Waals surface area contributed by atoms with E-state index in [-0.39, 0.29) is 31.6 Å². The summed E-state index contributed by atoms with van der Waals surface area (Å²) in [5, 5.41) is 12.4. The monoisotopic (exact) mass is 402 g/mol. The van der Waals surface area contributed by atoms with Crippen LogP contribution in [-0.2, 0) is 30.4 Å². The Kier molecular flexibility index (Phi) is 5.31. The molecule has 4 rings (SSSR count). The zero-order chi connectivity index (χ0) is 20.6. The number of rotatable bonds is 7. The summed E-state index contributed by atoms with van der Waals surface area (Å²) in [6.45, 7) is 2.00. The van der Waals surface area contributed by atoms with Crippen molar-refractivity contribution >= 4 is 17.8 Å². The molecule has 3 fully saturated rings. The molecule has 3 heterocycles. The number of aliphatic hydroxyl groups is 1. The van der Waals surface area contributed by atoms with Crippen molar-refractivity contribution in [2.24, 2.45) is 11.8 Å². The molecule has 0 aliphatic carbocycles. The van der Waals surface area contributed by atoms with E-state index in [0.29, 0.717) is 19.4 Å². The zero-order valence-corrected chi connectivity index (χ0v) is 16.4. The van der Waals surface area contributed by atoms with Crippen molar-refractivity contribution in [3.05, 3.63) is 35.9 Å². The first kappa shape index (κ1) is 19.8. The van der Waals surface area contributed by atoms with Gasteiger partial charge in [-0.1, -0.05) is 30.3 Å². The molecule has 2 bridgehead atoms. The molecule has 3 saturated heterocycles. The van der Waals surface area contributed by atoms with Crippen molar-refractivity contribution in [1.82, 2.24) is 10.2 Å². The van der Waals surface area contributed by atoms with Crippen LogP contribution in [0.1, 0.15) is 25.3 Å². The Morgan fingerprint density at radius 2 is 2.10 bits per heavy atom. The Balaban J connectivity index is 1.61. The largest absolute Gasteiger partial charge is 0.466 e. The Morgan fingerprint density at radius 3 is 2.79 bits per heavy atom. The first-order valence-corrected chi connectivity index (χ1v) is 10.1. The van der Waals surface area contributed by atoms with E-state index in [0.717, 1.165) is 5.56 Å². The van der Waals surface area contributed by atoms with Gasteiger partial charge in [-0.3, -0.25) is 14.4 Å². The van der Waals surface area contributed by atoms with E-state index < -0.39 is 35.6 Å². The van der Waals surface area contributed by atoms with Crippen LogP contribution in [0.25, 0.3) is 0 Å². The Labute approximate surface area is 169 Å². The molecule has 0 aromatic heterocycles. The molecule has 156 valence electrons. The van der Waals surface area contributed by atoms with Gasteiger partial charge in [0.2, 0.25) is 11.8 Å². The molecule has 3 aliphatic rings. The number of likely N-dealkylation sites (tertiary alicyclic amines) is 1. The third-order valence-corrected chi connectivity index (χ3v) is 6.26. The number of hydrogen-bond acceptors (Lipinski definition) is 6. The number of aliphatic hydroxyl groups excluding tert-OH is 1. The van der Waals surface area contributed by atoms with Crippen LogP contribution in [0.4, 0.5) is 0 Å². The predicted molar refractivity (Wildman–Crippen MR) is 101 cm³/mol. The summed E-state index contributed by atoms with van der Waals surface area (Å²) in [7, 11) is 0. The molecule has 5 atom stereocenters. The lowest BCUT2D eigenvalue weighted by Gasteiger charge is -2.33. The number of hydrogen-bond donors (Lipinski definition) is 2. The standard InChI is InChI=1S/C21H26N2O6/c1-2-28-20(27)15-14-8-9-21(29-14)16(15)19(26)23(10-11-24)17(21)18(25)22-12-13-6-4-3-5-7-13/h3-7,14-17,24H,2,8-12H2,1H3,(H,22,25)/t14-,15+,16+,17?,21?/m1/s1. The molecule has 3 aliphatic heterocycles. The highest BCUT2D eigenvalue weighted by atomic mass is 16.6. The minimum absolute atomic E-state index is 0.0179. The van der Waals surface area contributed by atoms with Crippen LogP contribution in [0.3, 0.4) is 0 Å². The molecule has 29 heavy (non-hydrogen) atoms. The number of benzene rings is 1. The zero-order valence-electron chi connectivity index (χ0n) is 16.4. The molecule has 1 aromatic carbocycles. The van der Waals surface area contributed by atoms with Crippen LogP contribution >= 0.6 is 0 Å². The number of esters is 1. The minimum Gasteiger partial charge on any atom is -0.466 e. The summed E-state index contributed by atoms with van der Waals surface area (Å²) in [5.41, 5.74) is -0.108. The molecule has 2 N–H and O–H groups in total. The summed E-state index contributed by atoms with van der Waals surface area (Å²) in [6.07, 6.45) is 0.710. The number of carbonyl (C=O) groups is 3. The van der Waals surface area contributed by atoms with Crippen LogP contribution in [0.15, 0.2) is 30.3 Å². The lowest BCUT2D eigenvalue weighted by molar-refractivity contribution is -0.154. The van der Waals surface area contributed by atoms with Crippen LogP contribution in [0, 0.1) is 11.8 Å². The number of β-amino-alcohol motifs (C(OH)–C–C–N with tert-alkyl or cyclic N) is 1. The fourth-order valence-corrected chi connectivity index (χ4v) is 5.19. The van der Waals surface area contributed by atoms with Gasteiger partial charge in [0.25, 0.3) is 0 Å². The van der Waals surface area contributed by atoms with Crippen molar-refractivity contribution in [2.45, 2.75) is 44.1 Å². The normalized spacial score (nSPS) is 32.3. The van der Waals surface area contributed by atoms with Crippen LogP contribution in [-0.4, -0.2) is 65.3 Å². The maximum atomic E-state index is 13.2. The van der Waals surface area contributed by atoms with Crippen molar-refractivity contribution in [2.75, 3.05) is 19.8 Å². The second kappa shape index (κ2) is 7.76. The number of fused-ring (bicyclic) bond motifs is 1. The molecular formula is C21H26N2O6. The Hall–Kier alpha value is -2.45. The van der Waals surface area contributed by atoms with Crippen molar-refractivity contribution in [3.8, 4) is 0 Å². The smallest absolute Gasteiger partial charge is 0.312 e. The second-order valence-corrected chi connectivity index (χ2v) is 7.77. The van der Waals surface area contributed by atoms with E-state index in [1.165, 1.54) is 4.90 Å². The first-order chi connectivity index (χ1) is 14.0. The van der Waals surface area contributed by atoms with Gasteiger partial charge < -0.3 is 24.8 Å². The van der Waals surface area contributed by atoms with Crippen LogP contribution < -0.4 is 5.32 Å². The SMILES string of the molecule is CCOC(=O)[C@@H]1[C@H]2C(=O)N(CCO)C(C(=O)NCc3ccccc3)C23CC[C@H]1O3. The molecule has 2 unspecified atom stereocenters. The maximum Gasteiger partial charge on any atom is 0.312 e. The van der Waals surface area contributed by atoms with Gasteiger partial charge in [-0.15, -0.1) is 0 Å². The first-order valence-electron chi connectivity index (χ1n) is 10.1. The third kappa shape index (κ3) is 3.11. The fourth-order valence-electron chi connectivity index (χ4n) is 5.19. The number of nitrogens with one attached hydrogen (secondary N) is 1. The topological polar surface area (TPSA) is 105 Å². The van der Waals surface area contributed by atoms with Gasteiger partial charge in [0.1, 0.15) is 11.6 Å². The summed E-state index contributed by atoms with van der Waals surface area (Å²) in [6, 6.07) is 8.61. The molecule has 8 heteroatoms. The highest BCUT2D eigenvalue weighted by Gasteiger charge is 2.74. The average Bonchev–Trinajstić information content (AvgIpc) is 3.35. The van der Waals surface area contributed by atoms with E-state index in [9.17, 15) is 19.5 Å². The third-order valence-electron chi connectivity index (χ3n) is 6.26. The van der Waals surface area contributed by atoms with Crippen molar-refractivity contribution in [3.63, 3.8) is 0 Å². The maximum absolute atomic E-state index is 13.2. The average molecular weight is 402 g/mol. The molecule has 1 aromatic rings. The fraction of sp³-hybridized carbons (Fsp3) is 0.571. The highest BCUT2D eigenvalue weighted by Crippen LogP contribution is 2.58. The lowest BCUT2D eigenvalue weighted by Crippen LogP contribution is -2.55. The molecule has 0 saturated carbocycles. The summed E-state index contributed by atoms with van der Waals surface area (Å²) >= 11 is 0. The minimum atomic E-state index is -1.05. The summed E-state index contributed by atoms with van der Waals surface area (Å²) in [5.74, 6) is -2.56. The van der Waals surface area contributed by atoms with Gasteiger partial charge in [-0.2, -0.15) is 0 Å².